The van der Waals surface area contributed by atoms with Gasteiger partial charge in [0.1, 0.15) is 0 Å². The number of hydrogen-bond donors (Lipinski definition) is 1. The number of benzene rings is 1. The highest BCUT2D eigenvalue weighted by atomic mass is 19.4. The minimum Gasteiger partial charge on any atom is -0.313 e. The van der Waals surface area contributed by atoms with Crippen molar-refractivity contribution in [2.24, 2.45) is 0 Å². The second kappa shape index (κ2) is 6.46. The van der Waals surface area contributed by atoms with Gasteiger partial charge >= 0.3 is 6.18 Å². The van der Waals surface area contributed by atoms with Crippen molar-refractivity contribution >= 4 is 0 Å². The minimum atomic E-state index is -4.29. The molecule has 0 spiro atoms. The van der Waals surface area contributed by atoms with Crippen LogP contribution in [0.15, 0.2) is 24.3 Å². The van der Waals surface area contributed by atoms with Gasteiger partial charge in [0.25, 0.3) is 0 Å². The summed E-state index contributed by atoms with van der Waals surface area (Å²) in [6, 6.07) is 5.32. The average Bonchev–Trinajstić information content (AvgIpc) is 2.34. The van der Waals surface area contributed by atoms with E-state index in [1.54, 1.807) is 20.0 Å². The zero-order valence-electron chi connectivity index (χ0n) is 10.4. The van der Waals surface area contributed by atoms with Crippen LogP contribution < -0.4 is 5.32 Å². The van der Waals surface area contributed by atoms with Crippen LogP contribution in [0.1, 0.15) is 36.9 Å². The van der Waals surface area contributed by atoms with E-state index in [1.807, 2.05) is 0 Å². The highest BCUT2D eigenvalue weighted by Crippen LogP contribution is 2.31. The molecule has 18 heavy (non-hydrogen) atoms. The van der Waals surface area contributed by atoms with Crippen molar-refractivity contribution in [2.45, 2.75) is 32.0 Å². The van der Waals surface area contributed by atoms with Crippen molar-refractivity contribution in [1.82, 2.24) is 5.32 Å². The molecule has 1 rings (SSSR count). The third-order valence-corrected chi connectivity index (χ3v) is 2.70. The Morgan fingerprint density at radius 2 is 2.06 bits per heavy atom. The Morgan fingerprint density at radius 1 is 1.33 bits per heavy atom. The monoisotopic (exact) mass is 255 g/mol. The van der Waals surface area contributed by atoms with Gasteiger partial charge in [-0.1, -0.05) is 12.1 Å². The highest BCUT2D eigenvalue weighted by Gasteiger charge is 2.30. The van der Waals surface area contributed by atoms with Crippen LogP contribution in [-0.2, 0) is 6.18 Å². The predicted octanol–water partition coefficient (Wildman–Crippen LogP) is 3.77. The van der Waals surface area contributed by atoms with Crippen LogP contribution in [-0.4, -0.2) is 7.05 Å². The molecule has 0 amide bonds. The van der Waals surface area contributed by atoms with E-state index < -0.39 is 11.7 Å². The first-order valence-corrected chi connectivity index (χ1v) is 5.73. The normalized spacial score (nSPS) is 12.7. The van der Waals surface area contributed by atoms with E-state index in [4.69, 9.17) is 0 Å². The lowest BCUT2D eigenvalue weighted by atomic mass is 10.00. The molecule has 0 radical (unpaired) electrons. The third kappa shape index (κ3) is 4.08. The van der Waals surface area contributed by atoms with Gasteiger partial charge in [0, 0.05) is 12.5 Å². The number of alkyl halides is 3. The minimum absolute atomic E-state index is 0.104. The summed E-state index contributed by atoms with van der Waals surface area (Å²) in [7, 11) is 1.74. The molecule has 0 saturated heterocycles. The lowest BCUT2D eigenvalue weighted by Gasteiger charge is -2.17. The van der Waals surface area contributed by atoms with Gasteiger partial charge in [-0.25, -0.2) is 0 Å². The molecule has 0 heterocycles. The Morgan fingerprint density at radius 3 is 2.61 bits per heavy atom. The van der Waals surface area contributed by atoms with Crippen molar-refractivity contribution in [3.8, 4) is 11.8 Å². The van der Waals surface area contributed by atoms with E-state index in [0.717, 1.165) is 6.07 Å². The number of halogens is 3. The van der Waals surface area contributed by atoms with Gasteiger partial charge in [0.05, 0.1) is 5.56 Å². The summed E-state index contributed by atoms with van der Waals surface area (Å²) in [6.45, 7) is 1.75. The maximum atomic E-state index is 12.6. The van der Waals surface area contributed by atoms with Crippen molar-refractivity contribution in [2.75, 3.05) is 7.05 Å². The van der Waals surface area contributed by atoms with E-state index in [1.165, 1.54) is 12.1 Å². The third-order valence-electron chi connectivity index (χ3n) is 2.70. The molecule has 1 N–H and O–H groups in total. The molecule has 4 heteroatoms. The van der Waals surface area contributed by atoms with Crippen LogP contribution >= 0.6 is 0 Å². The Labute approximate surface area is 105 Å². The fraction of sp³-hybridized carbons (Fsp3) is 0.429. The Bertz CT molecular complexity index is 440. The van der Waals surface area contributed by atoms with E-state index in [0.29, 0.717) is 18.4 Å². The number of rotatable bonds is 4. The number of hydrogen-bond acceptors (Lipinski definition) is 1. The van der Waals surface area contributed by atoms with Crippen LogP contribution in [0.2, 0.25) is 0 Å². The van der Waals surface area contributed by atoms with Crippen molar-refractivity contribution in [1.29, 1.82) is 0 Å². The van der Waals surface area contributed by atoms with E-state index >= 15 is 0 Å². The standard InChI is InChI=1S/C14H16F3N/c1-3-4-5-9-13(18-2)11-7-6-8-12(10-11)14(15,16)17/h6-8,10,13,18H,5,9H2,1-2H3. The lowest BCUT2D eigenvalue weighted by molar-refractivity contribution is -0.137. The Balaban J connectivity index is 2.88. The molecule has 0 aromatic heterocycles. The number of nitrogens with one attached hydrogen (secondary N) is 1. The largest absolute Gasteiger partial charge is 0.416 e. The molecule has 0 aliphatic rings. The van der Waals surface area contributed by atoms with Crippen LogP contribution in [0.5, 0.6) is 0 Å². The molecule has 0 aliphatic carbocycles. The molecule has 1 aromatic carbocycles. The van der Waals surface area contributed by atoms with Gasteiger partial charge in [0.2, 0.25) is 0 Å². The summed E-state index contributed by atoms with van der Waals surface area (Å²) in [5, 5.41) is 3.02. The molecule has 1 nitrogen and oxygen atoms in total. The average molecular weight is 255 g/mol. The molecule has 0 saturated carbocycles. The predicted molar refractivity (Wildman–Crippen MR) is 65.9 cm³/mol. The van der Waals surface area contributed by atoms with Gasteiger partial charge in [-0.05, 0) is 38.1 Å². The summed E-state index contributed by atoms with van der Waals surface area (Å²) in [4.78, 5) is 0. The zero-order chi connectivity index (χ0) is 13.6. The van der Waals surface area contributed by atoms with E-state index in [9.17, 15) is 13.2 Å². The molecule has 1 aromatic rings. The fourth-order valence-corrected chi connectivity index (χ4v) is 1.75. The molecule has 1 atom stereocenters. The van der Waals surface area contributed by atoms with Crippen LogP contribution in [0.25, 0.3) is 0 Å². The molecule has 1 unspecified atom stereocenters. The van der Waals surface area contributed by atoms with Crippen molar-refractivity contribution < 1.29 is 13.2 Å². The van der Waals surface area contributed by atoms with Gasteiger partial charge in [-0.15, -0.1) is 11.8 Å². The summed E-state index contributed by atoms with van der Waals surface area (Å²) in [6.07, 6.45) is -2.94. The second-order valence-electron chi connectivity index (χ2n) is 3.93. The Kier molecular flexibility index (Phi) is 5.24. The maximum Gasteiger partial charge on any atom is 0.416 e. The van der Waals surface area contributed by atoms with Crippen molar-refractivity contribution in [3.63, 3.8) is 0 Å². The van der Waals surface area contributed by atoms with Gasteiger partial charge in [-0.3, -0.25) is 0 Å². The smallest absolute Gasteiger partial charge is 0.313 e. The molecule has 0 fully saturated rings. The van der Waals surface area contributed by atoms with Gasteiger partial charge in [-0.2, -0.15) is 13.2 Å². The quantitative estimate of drug-likeness (QED) is 0.807. The summed E-state index contributed by atoms with van der Waals surface area (Å²) < 4.78 is 37.8. The van der Waals surface area contributed by atoms with Crippen molar-refractivity contribution in [3.05, 3.63) is 35.4 Å². The lowest BCUT2D eigenvalue weighted by Crippen LogP contribution is -2.17. The summed E-state index contributed by atoms with van der Waals surface area (Å²) in [5.41, 5.74) is 0.0343. The molecular weight excluding hydrogens is 239 g/mol. The first-order valence-electron chi connectivity index (χ1n) is 5.73. The summed E-state index contributed by atoms with van der Waals surface area (Å²) >= 11 is 0. The second-order valence-corrected chi connectivity index (χ2v) is 3.93. The zero-order valence-corrected chi connectivity index (χ0v) is 10.4. The molecular formula is C14H16F3N. The highest BCUT2D eigenvalue weighted by molar-refractivity contribution is 5.28. The first kappa shape index (κ1) is 14.6. The SMILES string of the molecule is CC#CCCC(NC)c1cccc(C(F)(F)F)c1. The van der Waals surface area contributed by atoms with Gasteiger partial charge in [0.15, 0.2) is 0 Å². The fourth-order valence-electron chi connectivity index (χ4n) is 1.75. The van der Waals surface area contributed by atoms with Crippen LogP contribution in [0.3, 0.4) is 0 Å². The van der Waals surface area contributed by atoms with Gasteiger partial charge < -0.3 is 5.32 Å². The summed E-state index contributed by atoms with van der Waals surface area (Å²) in [5.74, 6) is 5.69. The first-order chi connectivity index (χ1) is 8.49. The molecule has 0 aliphatic heterocycles. The van der Waals surface area contributed by atoms with E-state index in [2.05, 4.69) is 17.2 Å². The van der Waals surface area contributed by atoms with E-state index in [-0.39, 0.29) is 6.04 Å². The van der Waals surface area contributed by atoms with Crippen LogP contribution in [0, 0.1) is 11.8 Å². The molecule has 0 bridgehead atoms. The molecule has 98 valence electrons. The Hall–Kier alpha value is -1.47. The topological polar surface area (TPSA) is 12.0 Å². The maximum absolute atomic E-state index is 12.6. The van der Waals surface area contributed by atoms with Crippen LogP contribution in [0.4, 0.5) is 13.2 Å².